The van der Waals surface area contributed by atoms with Crippen LogP contribution in [0.5, 0.6) is 0 Å². The average Bonchev–Trinajstić information content (AvgIpc) is 1.86. The Hall–Kier alpha value is 1.01. The standard InChI is InChI=1S/2C2H7O3P.Ti/c2*1-2-6(3,4)5;/h2*2H2,1H3,(H2,3,4,5);/q;;+4/p-4. The summed E-state index contributed by atoms with van der Waals surface area (Å²) in [5.41, 5.74) is 0. The zero-order valence-electron chi connectivity index (χ0n) is 7.26. The minimum absolute atomic E-state index is 0. The Morgan fingerprint density at radius 2 is 0.923 bits per heavy atom. The number of hydrogen-bond acceptors (Lipinski definition) is 6. The van der Waals surface area contributed by atoms with Crippen molar-refractivity contribution in [2.75, 3.05) is 12.3 Å². The summed E-state index contributed by atoms with van der Waals surface area (Å²) in [5.74, 6) is 0. The van der Waals surface area contributed by atoms with Crippen molar-refractivity contribution in [3.63, 3.8) is 0 Å². The molecule has 0 fully saturated rings. The molecule has 0 aromatic rings. The Balaban J connectivity index is -0.000000143. The maximum atomic E-state index is 9.47. The van der Waals surface area contributed by atoms with E-state index in [1.807, 2.05) is 0 Å². The molecule has 0 aliphatic heterocycles. The topological polar surface area (TPSA) is 126 Å². The van der Waals surface area contributed by atoms with E-state index in [2.05, 4.69) is 0 Å². The second-order valence-corrected chi connectivity index (χ2v) is 5.56. The van der Waals surface area contributed by atoms with Gasteiger partial charge in [0, 0.05) is 0 Å². The van der Waals surface area contributed by atoms with Crippen LogP contribution in [0.15, 0.2) is 0 Å². The molecule has 0 aromatic carbocycles. The largest absolute Gasteiger partial charge is 4.00 e. The normalized spacial score (nSPS) is 10.9. The molecule has 0 aliphatic rings. The summed E-state index contributed by atoms with van der Waals surface area (Å²) in [4.78, 5) is 37.9. The first-order chi connectivity index (χ1) is 5.12. The molecule has 0 radical (unpaired) electrons. The molecule has 0 rings (SSSR count). The minimum atomic E-state index is -4.15. The van der Waals surface area contributed by atoms with Crippen LogP contribution in [0.1, 0.15) is 13.8 Å². The Labute approximate surface area is 91.9 Å². The van der Waals surface area contributed by atoms with E-state index in [0.29, 0.717) is 0 Å². The van der Waals surface area contributed by atoms with Crippen molar-refractivity contribution in [3.05, 3.63) is 0 Å². The first-order valence-electron chi connectivity index (χ1n) is 3.14. The number of hydrogen-bond donors (Lipinski definition) is 0. The zero-order valence-corrected chi connectivity index (χ0v) is 10.6. The van der Waals surface area contributed by atoms with Gasteiger partial charge in [0.05, 0.1) is 0 Å². The summed E-state index contributed by atoms with van der Waals surface area (Å²) in [6.07, 6.45) is -0.569. The van der Waals surface area contributed by atoms with Crippen molar-refractivity contribution in [1.29, 1.82) is 0 Å². The van der Waals surface area contributed by atoms with E-state index in [0.717, 1.165) is 0 Å². The second-order valence-electron chi connectivity index (χ2n) is 1.85. The molecule has 0 N–H and O–H groups in total. The van der Waals surface area contributed by atoms with Gasteiger partial charge in [0.2, 0.25) is 0 Å². The fraction of sp³-hybridized carbons (Fsp3) is 1.00. The fourth-order valence-electron chi connectivity index (χ4n) is 0. The van der Waals surface area contributed by atoms with Crippen LogP contribution in [0.3, 0.4) is 0 Å². The van der Waals surface area contributed by atoms with Gasteiger partial charge in [-0.15, -0.1) is 0 Å². The van der Waals surface area contributed by atoms with Crippen LogP contribution in [0.25, 0.3) is 0 Å². The van der Waals surface area contributed by atoms with Crippen LogP contribution < -0.4 is 19.6 Å². The van der Waals surface area contributed by atoms with Crippen LogP contribution in [0, 0.1) is 0 Å². The first kappa shape index (κ1) is 19.6. The second kappa shape index (κ2) is 8.33. The van der Waals surface area contributed by atoms with Crippen LogP contribution in [0.2, 0.25) is 0 Å². The minimum Gasteiger partial charge on any atom is -0.811 e. The maximum absolute atomic E-state index is 9.47. The van der Waals surface area contributed by atoms with Crippen molar-refractivity contribution < 1.29 is 50.4 Å². The van der Waals surface area contributed by atoms with E-state index in [4.69, 9.17) is 0 Å². The van der Waals surface area contributed by atoms with Gasteiger partial charge in [-0.3, -0.25) is 0 Å². The molecular formula is C4H10O6P2Ti. The van der Waals surface area contributed by atoms with Gasteiger partial charge in [-0.05, 0) is 12.3 Å². The van der Waals surface area contributed by atoms with Gasteiger partial charge in [-0.2, -0.15) is 0 Å². The van der Waals surface area contributed by atoms with Crippen LogP contribution in [-0.2, 0) is 30.8 Å². The van der Waals surface area contributed by atoms with E-state index < -0.39 is 15.2 Å². The molecule has 0 bridgehead atoms. The van der Waals surface area contributed by atoms with Gasteiger partial charge in [0.15, 0.2) is 0 Å². The maximum Gasteiger partial charge on any atom is 4.00 e. The third-order valence-corrected chi connectivity index (χ3v) is 2.32. The van der Waals surface area contributed by atoms with E-state index >= 15 is 0 Å². The summed E-state index contributed by atoms with van der Waals surface area (Å²) < 4.78 is 18.9. The van der Waals surface area contributed by atoms with Gasteiger partial charge in [-0.25, -0.2) is 0 Å². The molecule has 0 saturated heterocycles. The first-order valence-corrected chi connectivity index (χ1v) is 6.60. The van der Waals surface area contributed by atoms with Crippen LogP contribution in [-0.4, -0.2) is 12.3 Å². The summed E-state index contributed by atoms with van der Waals surface area (Å²) in [6.45, 7) is 2.64. The summed E-state index contributed by atoms with van der Waals surface area (Å²) in [6, 6.07) is 0. The van der Waals surface area contributed by atoms with Gasteiger partial charge < -0.3 is 28.7 Å². The van der Waals surface area contributed by atoms with Crippen LogP contribution >= 0.6 is 15.2 Å². The Bertz CT molecular complexity index is 173. The third kappa shape index (κ3) is 32.1. The Morgan fingerprint density at radius 3 is 0.923 bits per heavy atom. The predicted octanol–water partition coefficient (Wildman–Crippen LogP) is -2.16. The van der Waals surface area contributed by atoms with Gasteiger partial charge >= 0.3 is 21.7 Å². The van der Waals surface area contributed by atoms with E-state index in [1.165, 1.54) is 13.8 Å². The summed E-state index contributed by atoms with van der Waals surface area (Å²) >= 11 is 0. The zero-order chi connectivity index (χ0) is 10.4. The van der Waals surface area contributed by atoms with Crippen molar-refractivity contribution in [1.82, 2.24) is 0 Å². The molecule has 76 valence electrons. The smallest absolute Gasteiger partial charge is 0.811 e. The quantitative estimate of drug-likeness (QED) is 0.412. The molecule has 0 aliphatic carbocycles. The molecule has 0 aromatic heterocycles. The van der Waals surface area contributed by atoms with E-state index in [9.17, 15) is 28.7 Å². The van der Waals surface area contributed by atoms with E-state index in [-0.39, 0.29) is 34.0 Å². The predicted molar refractivity (Wildman–Crippen MR) is 36.3 cm³/mol. The van der Waals surface area contributed by atoms with E-state index in [1.54, 1.807) is 0 Å². The number of rotatable bonds is 2. The third-order valence-electron chi connectivity index (χ3n) is 0.775. The monoisotopic (exact) mass is 264 g/mol. The van der Waals surface area contributed by atoms with Crippen molar-refractivity contribution in [2.24, 2.45) is 0 Å². The molecule has 13 heavy (non-hydrogen) atoms. The van der Waals surface area contributed by atoms with Gasteiger partial charge in [0.25, 0.3) is 0 Å². The van der Waals surface area contributed by atoms with Crippen molar-refractivity contribution >= 4 is 15.2 Å². The molecule has 6 nitrogen and oxygen atoms in total. The molecule has 0 saturated carbocycles. The summed E-state index contributed by atoms with van der Waals surface area (Å²) in [7, 11) is -8.29. The Kier molecular flexibility index (Phi) is 12.5. The van der Waals surface area contributed by atoms with Crippen molar-refractivity contribution in [3.8, 4) is 0 Å². The molecular weight excluding hydrogens is 254 g/mol. The average molecular weight is 264 g/mol. The Morgan fingerprint density at radius 1 is 0.846 bits per heavy atom. The van der Waals surface area contributed by atoms with Crippen LogP contribution in [0.4, 0.5) is 0 Å². The van der Waals surface area contributed by atoms with Crippen molar-refractivity contribution in [2.45, 2.75) is 13.8 Å². The molecule has 0 amide bonds. The molecule has 9 heteroatoms. The SMILES string of the molecule is CCP(=O)([O-])[O-].CCP(=O)([O-])[O-].[Ti+4]. The molecule has 0 spiro atoms. The molecule has 0 atom stereocenters. The van der Waals surface area contributed by atoms with Gasteiger partial charge in [0.1, 0.15) is 0 Å². The van der Waals surface area contributed by atoms with Gasteiger partial charge in [-0.1, -0.05) is 29.0 Å². The summed E-state index contributed by atoms with van der Waals surface area (Å²) in [5, 5.41) is 0. The fourth-order valence-corrected chi connectivity index (χ4v) is 0. The molecule has 0 heterocycles. The molecule has 0 unspecified atom stereocenters.